The maximum atomic E-state index is 12.3. The number of carbonyl (C=O) groups is 2. The van der Waals surface area contributed by atoms with Crippen molar-refractivity contribution in [2.75, 3.05) is 13.2 Å². The van der Waals surface area contributed by atoms with E-state index in [1.807, 2.05) is 0 Å². The largest absolute Gasteiger partial charge is 0.462 e. The lowest BCUT2D eigenvalue weighted by molar-refractivity contribution is 0.0477. The van der Waals surface area contributed by atoms with Crippen molar-refractivity contribution in [2.45, 2.75) is 52.4 Å². The Morgan fingerprint density at radius 1 is 0.909 bits per heavy atom. The van der Waals surface area contributed by atoms with E-state index in [0.717, 1.165) is 43.2 Å². The second-order valence-corrected chi connectivity index (χ2v) is 5.53. The number of aryl methyl sites for hydroxylation is 2. The lowest BCUT2D eigenvalue weighted by Gasteiger charge is -2.15. The fourth-order valence-electron chi connectivity index (χ4n) is 2.92. The molecule has 0 fully saturated rings. The highest BCUT2D eigenvalue weighted by Gasteiger charge is 2.24. The molecule has 2 bridgehead atoms. The zero-order valence-electron chi connectivity index (χ0n) is 13.4. The van der Waals surface area contributed by atoms with E-state index >= 15 is 0 Å². The molecule has 22 heavy (non-hydrogen) atoms. The number of hydrogen-bond acceptors (Lipinski definition) is 4. The molecule has 0 radical (unpaired) electrons. The van der Waals surface area contributed by atoms with Gasteiger partial charge in [0.05, 0.1) is 24.3 Å². The summed E-state index contributed by atoms with van der Waals surface area (Å²) in [5, 5.41) is 0. The Morgan fingerprint density at radius 2 is 1.55 bits per heavy atom. The highest BCUT2D eigenvalue weighted by atomic mass is 16.5. The predicted molar refractivity (Wildman–Crippen MR) is 84.2 cm³/mol. The summed E-state index contributed by atoms with van der Waals surface area (Å²) >= 11 is 0. The predicted octanol–water partition coefficient (Wildman–Crippen LogP) is 3.70. The van der Waals surface area contributed by atoms with Crippen molar-refractivity contribution in [3.05, 3.63) is 34.4 Å². The third-order valence-electron chi connectivity index (χ3n) is 3.92. The van der Waals surface area contributed by atoms with Gasteiger partial charge in [-0.25, -0.2) is 9.59 Å². The molecule has 0 atom stereocenters. The van der Waals surface area contributed by atoms with Gasteiger partial charge < -0.3 is 9.47 Å². The fraction of sp³-hybridized carbons (Fsp3) is 0.556. The zero-order chi connectivity index (χ0) is 15.9. The molecule has 0 aromatic heterocycles. The van der Waals surface area contributed by atoms with E-state index in [1.165, 1.54) is 6.42 Å². The normalized spacial score (nSPS) is 14.5. The first-order chi connectivity index (χ1) is 10.7. The van der Waals surface area contributed by atoms with Gasteiger partial charge in [-0.05, 0) is 56.7 Å². The molecule has 4 nitrogen and oxygen atoms in total. The van der Waals surface area contributed by atoms with Gasteiger partial charge >= 0.3 is 11.9 Å². The Kier molecular flexibility index (Phi) is 5.99. The summed E-state index contributed by atoms with van der Waals surface area (Å²) in [6, 6.07) is 3.86. The molecule has 0 saturated carbocycles. The van der Waals surface area contributed by atoms with Crippen molar-refractivity contribution in [2.24, 2.45) is 0 Å². The van der Waals surface area contributed by atoms with Crippen LogP contribution >= 0.6 is 0 Å². The molecule has 2 rings (SSSR count). The zero-order valence-corrected chi connectivity index (χ0v) is 13.4. The molecule has 120 valence electrons. The van der Waals surface area contributed by atoms with Crippen molar-refractivity contribution in [1.29, 1.82) is 0 Å². The SMILES string of the molecule is CCOC(=O)c1cc2cc(c1C(=O)OCC)CCCCCC2. The van der Waals surface area contributed by atoms with Gasteiger partial charge in [0, 0.05) is 0 Å². The number of benzene rings is 1. The molecule has 0 unspecified atom stereocenters. The topological polar surface area (TPSA) is 52.6 Å². The molecule has 1 aliphatic rings. The Balaban J connectivity index is 2.51. The number of fused-ring (bicyclic) bond motifs is 2. The monoisotopic (exact) mass is 304 g/mol. The third kappa shape index (κ3) is 3.87. The standard InChI is InChI=1S/C18H24O4/c1-3-21-17(19)15-12-13-9-7-5-6-8-10-14(11-13)16(15)18(20)22-4-2/h11-12H,3-10H2,1-2H3. The van der Waals surface area contributed by atoms with Crippen LogP contribution in [0.4, 0.5) is 0 Å². The van der Waals surface area contributed by atoms with Crippen LogP contribution in [-0.2, 0) is 22.3 Å². The van der Waals surface area contributed by atoms with Crippen molar-refractivity contribution < 1.29 is 19.1 Å². The summed E-state index contributed by atoms with van der Waals surface area (Å²) in [4.78, 5) is 24.6. The summed E-state index contributed by atoms with van der Waals surface area (Å²) in [5.74, 6) is -0.862. The molecule has 1 aromatic carbocycles. The minimum Gasteiger partial charge on any atom is -0.462 e. The molecule has 0 heterocycles. The molecule has 0 N–H and O–H groups in total. The Labute approximate surface area is 131 Å². The number of esters is 2. The smallest absolute Gasteiger partial charge is 0.339 e. The quantitative estimate of drug-likeness (QED) is 0.796. The van der Waals surface area contributed by atoms with E-state index in [1.54, 1.807) is 19.9 Å². The maximum Gasteiger partial charge on any atom is 0.339 e. The van der Waals surface area contributed by atoms with Crippen LogP contribution in [-0.4, -0.2) is 25.2 Å². The Morgan fingerprint density at radius 3 is 2.23 bits per heavy atom. The first kappa shape index (κ1) is 16.5. The van der Waals surface area contributed by atoms with Crippen LogP contribution in [0.3, 0.4) is 0 Å². The summed E-state index contributed by atoms with van der Waals surface area (Å²) in [6.07, 6.45) is 6.20. The molecular weight excluding hydrogens is 280 g/mol. The maximum absolute atomic E-state index is 12.3. The summed E-state index contributed by atoms with van der Waals surface area (Å²) in [6.45, 7) is 4.12. The van der Waals surface area contributed by atoms with Crippen molar-refractivity contribution >= 4 is 11.9 Å². The number of ether oxygens (including phenoxy) is 2. The van der Waals surface area contributed by atoms with Crippen molar-refractivity contribution in [1.82, 2.24) is 0 Å². The van der Waals surface area contributed by atoms with E-state index in [0.29, 0.717) is 24.3 Å². The first-order valence-electron chi connectivity index (χ1n) is 8.17. The lowest BCUT2D eigenvalue weighted by Crippen LogP contribution is -2.17. The van der Waals surface area contributed by atoms with E-state index in [-0.39, 0.29) is 0 Å². The van der Waals surface area contributed by atoms with Crippen LogP contribution in [0, 0.1) is 0 Å². The number of carbonyl (C=O) groups excluding carboxylic acids is 2. The first-order valence-corrected chi connectivity index (χ1v) is 8.17. The molecule has 1 aromatic rings. The Hall–Kier alpha value is -1.84. The Bertz CT molecular complexity index is 548. The van der Waals surface area contributed by atoms with E-state index < -0.39 is 11.9 Å². The minimum absolute atomic E-state index is 0.292. The third-order valence-corrected chi connectivity index (χ3v) is 3.92. The second-order valence-electron chi connectivity index (χ2n) is 5.53. The van der Waals surface area contributed by atoms with Crippen LogP contribution in [0.2, 0.25) is 0 Å². The molecule has 0 aliphatic heterocycles. The molecule has 0 saturated heterocycles. The summed E-state index contributed by atoms with van der Waals surface area (Å²) in [5.41, 5.74) is 2.77. The molecule has 4 heteroatoms. The van der Waals surface area contributed by atoms with E-state index in [9.17, 15) is 9.59 Å². The average Bonchev–Trinajstić information content (AvgIpc) is 2.58. The van der Waals surface area contributed by atoms with Gasteiger partial charge in [-0.1, -0.05) is 18.9 Å². The average molecular weight is 304 g/mol. The molecular formula is C18H24O4. The minimum atomic E-state index is -0.437. The molecule has 1 aliphatic carbocycles. The van der Waals surface area contributed by atoms with Crippen LogP contribution in [0.1, 0.15) is 71.4 Å². The van der Waals surface area contributed by atoms with Crippen LogP contribution in [0.25, 0.3) is 0 Å². The molecule has 0 spiro atoms. The summed E-state index contributed by atoms with van der Waals surface area (Å²) < 4.78 is 10.3. The van der Waals surface area contributed by atoms with Crippen LogP contribution in [0.15, 0.2) is 12.1 Å². The van der Waals surface area contributed by atoms with Gasteiger partial charge in [0.15, 0.2) is 0 Å². The van der Waals surface area contributed by atoms with Gasteiger partial charge in [-0.2, -0.15) is 0 Å². The van der Waals surface area contributed by atoms with Crippen molar-refractivity contribution in [3.63, 3.8) is 0 Å². The van der Waals surface area contributed by atoms with Gasteiger partial charge in [-0.15, -0.1) is 0 Å². The fourth-order valence-corrected chi connectivity index (χ4v) is 2.92. The van der Waals surface area contributed by atoms with Crippen LogP contribution < -0.4 is 0 Å². The summed E-state index contributed by atoms with van der Waals surface area (Å²) in [7, 11) is 0. The van der Waals surface area contributed by atoms with Gasteiger partial charge in [0.2, 0.25) is 0 Å². The van der Waals surface area contributed by atoms with Gasteiger partial charge in [-0.3, -0.25) is 0 Å². The van der Waals surface area contributed by atoms with Gasteiger partial charge in [0.1, 0.15) is 0 Å². The van der Waals surface area contributed by atoms with Gasteiger partial charge in [0.25, 0.3) is 0 Å². The van der Waals surface area contributed by atoms with E-state index in [4.69, 9.17) is 9.47 Å². The second kappa shape index (κ2) is 7.97. The number of hydrogen-bond donors (Lipinski definition) is 0. The van der Waals surface area contributed by atoms with Crippen molar-refractivity contribution in [3.8, 4) is 0 Å². The van der Waals surface area contributed by atoms with E-state index in [2.05, 4.69) is 6.07 Å². The van der Waals surface area contributed by atoms with Crippen LogP contribution in [0.5, 0.6) is 0 Å². The highest BCUT2D eigenvalue weighted by molar-refractivity contribution is 6.04. The molecule has 0 amide bonds. The number of rotatable bonds is 4. The lowest BCUT2D eigenvalue weighted by atomic mass is 9.94. The highest BCUT2D eigenvalue weighted by Crippen LogP contribution is 2.25.